The van der Waals surface area contributed by atoms with Crippen molar-refractivity contribution < 1.29 is 5.11 Å². The van der Waals surface area contributed by atoms with Gasteiger partial charge < -0.3 is 10.4 Å². The van der Waals surface area contributed by atoms with Gasteiger partial charge in [-0.2, -0.15) is 0 Å². The minimum Gasteiger partial charge on any atom is -0.393 e. The van der Waals surface area contributed by atoms with Crippen molar-refractivity contribution in [3.05, 3.63) is 0 Å². The Bertz CT molecular complexity index is 218. The fourth-order valence-corrected chi connectivity index (χ4v) is 4.10. The van der Waals surface area contributed by atoms with Gasteiger partial charge in [0, 0.05) is 12.0 Å². The van der Waals surface area contributed by atoms with Crippen molar-refractivity contribution in [3.8, 4) is 0 Å². The van der Waals surface area contributed by atoms with Gasteiger partial charge in [0.25, 0.3) is 0 Å². The molecule has 0 bridgehead atoms. The summed E-state index contributed by atoms with van der Waals surface area (Å²) in [4.78, 5) is 0. The van der Waals surface area contributed by atoms with Gasteiger partial charge in [-0.3, -0.25) is 0 Å². The third-order valence-corrected chi connectivity index (χ3v) is 4.76. The summed E-state index contributed by atoms with van der Waals surface area (Å²) in [6.07, 6.45) is 8.00. The minimum absolute atomic E-state index is 0.000556. The number of aliphatic hydroxyl groups is 1. The predicted molar refractivity (Wildman–Crippen MR) is 56.0 cm³/mol. The van der Waals surface area contributed by atoms with Crippen LogP contribution in [0.2, 0.25) is 0 Å². The molecular formula is C12H21NO. The lowest BCUT2D eigenvalue weighted by atomic mass is 9.55. The van der Waals surface area contributed by atoms with Crippen molar-refractivity contribution in [1.29, 1.82) is 0 Å². The summed E-state index contributed by atoms with van der Waals surface area (Å²) in [7, 11) is 0. The molecule has 0 spiro atoms. The topological polar surface area (TPSA) is 32.3 Å². The maximum absolute atomic E-state index is 9.99. The van der Waals surface area contributed by atoms with E-state index in [-0.39, 0.29) is 6.10 Å². The monoisotopic (exact) mass is 195 g/mol. The van der Waals surface area contributed by atoms with Gasteiger partial charge in [-0.25, -0.2) is 0 Å². The highest BCUT2D eigenvalue weighted by atomic mass is 16.3. The van der Waals surface area contributed by atoms with Crippen LogP contribution in [0.4, 0.5) is 0 Å². The van der Waals surface area contributed by atoms with Gasteiger partial charge in [0.1, 0.15) is 0 Å². The summed E-state index contributed by atoms with van der Waals surface area (Å²) in [6, 6.07) is 0.668. The largest absolute Gasteiger partial charge is 0.393 e. The fraction of sp³-hybridized carbons (Fsp3) is 1.00. The number of nitrogens with one attached hydrogen (secondary N) is 1. The zero-order valence-electron chi connectivity index (χ0n) is 8.78. The van der Waals surface area contributed by atoms with Crippen LogP contribution in [-0.2, 0) is 0 Å². The van der Waals surface area contributed by atoms with E-state index < -0.39 is 0 Å². The molecule has 5 atom stereocenters. The van der Waals surface area contributed by atoms with E-state index in [0.717, 1.165) is 24.8 Å². The lowest BCUT2D eigenvalue weighted by Gasteiger charge is -2.56. The Morgan fingerprint density at radius 2 is 1.71 bits per heavy atom. The predicted octanol–water partition coefficient (Wildman–Crippen LogP) is 1.54. The Kier molecular flexibility index (Phi) is 2.29. The van der Waals surface area contributed by atoms with E-state index in [2.05, 4.69) is 5.32 Å². The zero-order chi connectivity index (χ0) is 9.54. The zero-order valence-corrected chi connectivity index (χ0v) is 8.78. The van der Waals surface area contributed by atoms with Crippen molar-refractivity contribution in [3.63, 3.8) is 0 Å². The van der Waals surface area contributed by atoms with Crippen LogP contribution < -0.4 is 5.32 Å². The maximum Gasteiger partial charge on any atom is 0.0598 e. The quantitative estimate of drug-likeness (QED) is 0.614. The first-order valence-electron chi connectivity index (χ1n) is 6.29. The van der Waals surface area contributed by atoms with E-state index in [4.69, 9.17) is 0 Å². The van der Waals surface area contributed by atoms with Crippen LogP contribution in [0, 0.1) is 17.8 Å². The van der Waals surface area contributed by atoms with Crippen molar-refractivity contribution in [1.82, 2.24) is 5.32 Å². The summed E-state index contributed by atoms with van der Waals surface area (Å²) in [6.45, 7) is 1.03. The van der Waals surface area contributed by atoms with E-state index in [9.17, 15) is 5.11 Å². The first-order valence-corrected chi connectivity index (χ1v) is 6.29. The van der Waals surface area contributed by atoms with Crippen LogP contribution in [0.15, 0.2) is 0 Å². The molecule has 0 radical (unpaired) electrons. The smallest absolute Gasteiger partial charge is 0.0598 e. The van der Waals surface area contributed by atoms with Gasteiger partial charge in [0.05, 0.1) is 6.10 Å². The first-order chi connectivity index (χ1) is 6.88. The second kappa shape index (κ2) is 3.49. The van der Waals surface area contributed by atoms with Gasteiger partial charge in [-0.05, 0) is 37.6 Å². The van der Waals surface area contributed by atoms with Crippen LogP contribution in [-0.4, -0.2) is 23.8 Å². The molecule has 5 unspecified atom stereocenters. The van der Waals surface area contributed by atoms with E-state index in [1.54, 1.807) is 0 Å². The van der Waals surface area contributed by atoms with Gasteiger partial charge in [-0.1, -0.05) is 19.3 Å². The van der Waals surface area contributed by atoms with E-state index in [0.29, 0.717) is 12.0 Å². The van der Waals surface area contributed by atoms with E-state index in [1.807, 2.05) is 0 Å². The molecule has 3 aliphatic rings. The SMILES string of the molecule is OC1CCNC2C3CCCCCC3C12. The van der Waals surface area contributed by atoms with Crippen LogP contribution in [0.5, 0.6) is 0 Å². The molecular weight excluding hydrogens is 174 g/mol. The summed E-state index contributed by atoms with van der Waals surface area (Å²) in [5.74, 6) is 2.36. The van der Waals surface area contributed by atoms with Gasteiger partial charge in [0.15, 0.2) is 0 Å². The third-order valence-electron chi connectivity index (χ3n) is 4.76. The molecule has 0 aromatic heterocycles. The molecule has 3 rings (SSSR count). The van der Waals surface area contributed by atoms with Crippen molar-refractivity contribution >= 4 is 0 Å². The van der Waals surface area contributed by atoms with E-state index >= 15 is 0 Å². The molecule has 1 aliphatic heterocycles. The molecule has 14 heavy (non-hydrogen) atoms. The molecule has 80 valence electrons. The molecule has 1 heterocycles. The van der Waals surface area contributed by atoms with Crippen LogP contribution in [0.3, 0.4) is 0 Å². The van der Waals surface area contributed by atoms with Gasteiger partial charge >= 0.3 is 0 Å². The standard InChI is InChI=1S/C12H21NO/c14-10-6-7-13-12-9-5-3-1-2-4-8(9)11(10)12/h8-14H,1-7H2. The van der Waals surface area contributed by atoms with Gasteiger partial charge in [-0.15, -0.1) is 0 Å². The number of piperidine rings is 1. The lowest BCUT2D eigenvalue weighted by Crippen LogP contribution is -2.65. The van der Waals surface area contributed by atoms with E-state index in [1.165, 1.54) is 32.1 Å². The first kappa shape index (κ1) is 9.17. The van der Waals surface area contributed by atoms with Crippen molar-refractivity contribution in [2.45, 2.75) is 50.7 Å². The summed E-state index contributed by atoms with van der Waals surface area (Å²) in [5.41, 5.74) is 0. The number of hydrogen-bond donors (Lipinski definition) is 2. The molecule has 2 aliphatic carbocycles. The maximum atomic E-state index is 9.99. The van der Waals surface area contributed by atoms with Crippen molar-refractivity contribution in [2.24, 2.45) is 17.8 Å². The molecule has 2 N–H and O–H groups in total. The molecule has 2 saturated carbocycles. The Hall–Kier alpha value is -0.0800. The second-order valence-electron chi connectivity index (χ2n) is 5.38. The summed E-state index contributed by atoms with van der Waals surface area (Å²) >= 11 is 0. The average Bonchev–Trinajstić information content (AvgIpc) is 2.36. The highest BCUT2D eigenvalue weighted by Gasteiger charge is 2.53. The molecule has 2 heteroatoms. The molecule has 0 aromatic carbocycles. The molecule has 1 saturated heterocycles. The lowest BCUT2D eigenvalue weighted by molar-refractivity contribution is -0.0953. The number of rotatable bonds is 0. The third kappa shape index (κ3) is 1.24. The Morgan fingerprint density at radius 1 is 0.929 bits per heavy atom. The summed E-state index contributed by atoms with van der Waals surface area (Å²) in [5, 5.41) is 13.6. The van der Waals surface area contributed by atoms with Crippen molar-refractivity contribution in [2.75, 3.05) is 6.54 Å². The average molecular weight is 195 g/mol. The Morgan fingerprint density at radius 3 is 2.57 bits per heavy atom. The number of fused-ring (bicyclic) bond motifs is 4. The number of aliphatic hydroxyl groups excluding tert-OH is 1. The molecule has 0 aromatic rings. The highest BCUT2D eigenvalue weighted by molar-refractivity contribution is 5.06. The minimum atomic E-state index is 0.000556. The normalized spacial score (nSPS) is 52.5. The Labute approximate surface area is 86.1 Å². The highest BCUT2D eigenvalue weighted by Crippen LogP contribution is 2.51. The summed E-state index contributed by atoms with van der Waals surface area (Å²) < 4.78 is 0. The van der Waals surface area contributed by atoms with Crippen LogP contribution >= 0.6 is 0 Å². The fourth-order valence-electron chi connectivity index (χ4n) is 4.10. The molecule has 2 nitrogen and oxygen atoms in total. The van der Waals surface area contributed by atoms with Crippen LogP contribution in [0.25, 0.3) is 0 Å². The molecule has 0 amide bonds. The Balaban J connectivity index is 1.75. The number of hydrogen-bond acceptors (Lipinski definition) is 2. The van der Waals surface area contributed by atoms with Crippen LogP contribution in [0.1, 0.15) is 38.5 Å². The second-order valence-corrected chi connectivity index (χ2v) is 5.38. The molecule has 3 fully saturated rings. The van der Waals surface area contributed by atoms with Gasteiger partial charge in [0.2, 0.25) is 0 Å².